The van der Waals surface area contributed by atoms with Gasteiger partial charge in [-0.2, -0.15) is 0 Å². The Kier molecular flexibility index (Phi) is 7.93. The summed E-state index contributed by atoms with van der Waals surface area (Å²) >= 11 is 0. The van der Waals surface area contributed by atoms with Crippen molar-refractivity contribution in [3.8, 4) is 0 Å². The monoisotopic (exact) mass is 473 g/mol. The van der Waals surface area contributed by atoms with E-state index in [1.54, 1.807) is 6.07 Å². The third kappa shape index (κ3) is 5.46. The number of hydrogen-bond donors (Lipinski definition) is 2. The normalized spacial score (nSPS) is 27.6. The van der Waals surface area contributed by atoms with Gasteiger partial charge in [-0.15, -0.1) is 0 Å². The Morgan fingerprint density at radius 2 is 1.88 bits per heavy atom. The molecule has 0 aromatic heterocycles. The first-order valence-corrected chi connectivity index (χ1v) is 13.0. The molecule has 4 atom stereocenters. The number of piperazine rings is 1. The number of amides is 2. The van der Waals surface area contributed by atoms with E-state index in [4.69, 9.17) is 5.73 Å². The van der Waals surface area contributed by atoms with Crippen molar-refractivity contribution < 1.29 is 19.1 Å². The van der Waals surface area contributed by atoms with Crippen molar-refractivity contribution in [1.29, 1.82) is 0 Å². The SMILES string of the molecule is Cc1c(CN2CCN(C(=O)C3CCCC3)[C@@H](C)C2)cc(F)cc1C(C(N)=O)C1CCCC(O)C1. The molecule has 4 rings (SSSR count). The van der Waals surface area contributed by atoms with Gasteiger partial charge >= 0.3 is 0 Å². The van der Waals surface area contributed by atoms with Gasteiger partial charge < -0.3 is 15.7 Å². The number of aliphatic hydroxyl groups excluding tert-OH is 1. The third-order valence-electron chi connectivity index (χ3n) is 8.41. The minimum absolute atomic E-state index is 0.0697. The van der Waals surface area contributed by atoms with Crippen LogP contribution in [0.5, 0.6) is 0 Å². The van der Waals surface area contributed by atoms with E-state index in [0.29, 0.717) is 31.0 Å². The summed E-state index contributed by atoms with van der Waals surface area (Å²) < 4.78 is 14.8. The van der Waals surface area contributed by atoms with Crippen LogP contribution in [-0.4, -0.2) is 58.5 Å². The summed E-state index contributed by atoms with van der Waals surface area (Å²) in [5.41, 5.74) is 8.24. The predicted molar refractivity (Wildman–Crippen MR) is 129 cm³/mol. The zero-order valence-electron chi connectivity index (χ0n) is 20.6. The minimum atomic E-state index is -0.593. The molecular weight excluding hydrogens is 433 g/mol. The highest BCUT2D eigenvalue weighted by atomic mass is 19.1. The summed E-state index contributed by atoms with van der Waals surface area (Å²) in [5, 5.41) is 10.1. The quantitative estimate of drug-likeness (QED) is 0.662. The molecule has 0 spiro atoms. The maximum Gasteiger partial charge on any atom is 0.226 e. The lowest BCUT2D eigenvalue weighted by Gasteiger charge is -2.41. The molecule has 3 fully saturated rings. The van der Waals surface area contributed by atoms with Crippen LogP contribution in [0.4, 0.5) is 4.39 Å². The van der Waals surface area contributed by atoms with Gasteiger partial charge in [-0.05, 0) is 80.7 Å². The van der Waals surface area contributed by atoms with E-state index in [0.717, 1.165) is 69.2 Å². The topological polar surface area (TPSA) is 86.9 Å². The lowest BCUT2D eigenvalue weighted by molar-refractivity contribution is -0.140. The van der Waals surface area contributed by atoms with Crippen LogP contribution in [0.3, 0.4) is 0 Å². The molecular formula is C27H40FN3O3. The van der Waals surface area contributed by atoms with Crippen molar-refractivity contribution in [2.45, 2.75) is 89.8 Å². The number of benzene rings is 1. The van der Waals surface area contributed by atoms with Crippen molar-refractivity contribution in [2.24, 2.45) is 17.6 Å². The maximum absolute atomic E-state index is 14.8. The molecule has 0 bridgehead atoms. The minimum Gasteiger partial charge on any atom is -0.393 e. The third-order valence-corrected chi connectivity index (χ3v) is 8.41. The molecule has 188 valence electrons. The molecule has 34 heavy (non-hydrogen) atoms. The number of primary amides is 1. The van der Waals surface area contributed by atoms with Gasteiger partial charge in [0.1, 0.15) is 5.82 Å². The van der Waals surface area contributed by atoms with E-state index >= 15 is 0 Å². The number of aliphatic hydroxyl groups is 1. The zero-order valence-corrected chi connectivity index (χ0v) is 20.6. The fraction of sp³-hybridized carbons (Fsp3) is 0.704. The Labute approximate surface area is 202 Å². The summed E-state index contributed by atoms with van der Waals surface area (Å²) in [6.07, 6.45) is 6.81. The molecule has 1 aromatic carbocycles. The Morgan fingerprint density at radius 1 is 1.15 bits per heavy atom. The van der Waals surface area contributed by atoms with Crippen LogP contribution in [0.1, 0.15) is 80.9 Å². The molecule has 0 radical (unpaired) electrons. The molecule has 3 unspecified atom stereocenters. The Hall–Kier alpha value is -1.99. The van der Waals surface area contributed by atoms with E-state index in [2.05, 4.69) is 11.8 Å². The lowest BCUT2D eigenvalue weighted by Crippen LogP contribution is -2.54. The molecule has 2 aliphatic carbocycles. The van der Waals surface area contributed by atoms with E-state index in [-0.39, 0.29) is 23.7 Å². The number of halogens is 1. The Bertz CT molecular complexity index is 901. The first-order valence-electron chi connectivity index (χ1n) is 13.0. The highest BCUT2D eigenvalue weighted by Crippen LogP contribution is 2.38. The second kappa shape index (κ2) is 10.7. The van der Waals surface area contributed by atoms with E-state index in [1.165, 1.54) is 6.07 Å². The number of nitrogens with zero attached hydrogens (tertiary/aromatic N) is 2. The molecule has 1 heterocycles. The van der Waals surface area contributed by atoms with Crippen LogP contribution >= 0.6 is 0 Å². The Balaban J connectivity index is 1.49. The summed E-state index contributed by atoms with van der Waals surface area (Å²) in [4.78, 5) is 29.7. The summed E-state index contributed by atoms with van der Waals surface area (Å²) in [5.74, 6) is -0.990. The van der Waals surface area contributed by atoms with Gasteiger partial charge in [0.05, 0.1) is 12.0 Å². The van der Waals surface area contributed by atoms with Crippen molar-refractivity contribution in [3.63, 3.8) is 0 Å². The van der Waals surface area contributed by atoms with Crippen molar-refractivity contribution in [3.05, 3.63) is 34.6 Å². The molecule has 6 nitrogen and oxygen atoms in total. The molecule has 1 saturated heterocycles. The summed E-state index contributed by atoms with van der Waals surface area (Å²) in [6, 6.07) is 3.14. The van der Waals surface area contributed by atoms with Gasteiger partial charge in [-0.25, -0.2) is 4.39 Å². The van der Waals surface area contributed by atoms with Crippen LogP contribution in [0, 0.1) is 24.6 Å². The molecule has 1 aromatic rings. The van der Waals surface area contributed by atoms with Gasteiger partial charge in [0.2, 0.25) is 11.8 Å². The fourth-order valence-corrected chi connectivity index (χ4v) is 6.54. The van der Waals surface area contributed by atoms with Crippen molar-refractivity contribution in [1.82, 2.24) is 9.80 Å². The molecule has 1 aliphatic heterocycles. The van der Waals surface area contributed by atoms with E-state index < -0.39 is 17.9 Å². The number of carbonyl (C=O) groups is 2. The first kappa shape index (κ1) is 25.1. The predicted octanol–water partition coefficient (Wildman–Crippen LogP) is 3.48. The van der Waals surface area contributed by atoms with Crippen LogP contribution in [0.2, 0.25) is 0 Å². The molecule has 3 aliphatic rings. The van der Waals surface area contributed by atoms with E-state index in [1.807, 2.05) is 11.8 Å². The van der Waals surface area contributed by atoms with E-state index in [9.17, 15) is 19.1 Å². The first-order chi connectivity index (χ1) is 16.2. The van der Waals surface area contributed by atoms with Gasteiger partial charge in [-0.3, -0.25) is 14.5 Å². The number of nitrogens with two attached hydrogens (primary N) is 1. The average molecular weight is 474 g/mol. The highest BCUT2D eigenvalue weighted by Gasteiger charge is 2.35. The summed E-state index contributed by atoms with van der Waals surface area (Å²) in [7, 11) is 0. The van der Waals surface area contributed by atoms with Crippen LogP contribution in [0.25, 0.3) is 0 Å². The lowest BCUT2D eigenvalue weighted by atomic mass is 9.74. The van der Waals surface area contributed by atoms with Crippen LogP contribution in [-0.2, 0) is 16.1 Å². The largest absolute Gasteiger partial charge is 0.393 e. The molecule has 2 amide bonds. The second-order valence-corrected chi connectivity index (χ2v) is 10.8. The average Bonchev–Trinajstić information content (AvgIpc) is 3.31. The van der Waals surface area contributed by atoms with Crippen LogP contribution < -0.4 is 5.73 Å². The molecule has 2 saturated carbocycles. The molecule has 3 N–H and O–H groups in total. The van der Waals surface area contributed by atoms with Crippen molar-refractivity contribution in [2.75, 3.05) is 19.6 Å². The van der Waals surface area contributed by atoms with Gasteiger partial charge in [-0.1, -0.05) is 19.3 Å². The zero-order chi connectivity index (χ0) is 24.4. The highest BCUT2D eigenvalue weighted by molar-refractivity contribution is 5.83. The van der Waals surface area contributed by atoms with Gasteiger partial charge in [0.15, 0.2) is 0 Å². The number of carbonyl (C=O) groups excluding carboxylic acids is 2. The van der Waals surface area contributed by atoms with Gasteiger partial charge in [0, 0.05) is 38.1 Å². The second-order valence-electron chi connectivity index (χ2n) is 10.8. The number of rotatable bonds is 6. The fourth-order valence-electron chi connectivity index (χ4n) is 6.54. The standard InChI is InChI=1S/C27H40FN3O3/c1-17-15-30(10-11-31(17)27(34)19-6-3-4-7-19)16-21-12-22(28)14-24(18(21)2)25(26(29)33)20-8-5-9-23(32)13-20/h12,14,17,19-20,23,25,32H,3-11,13,15-16H2,1-2H3,(H2,29,33)/t17-,20?,23?,25?/m0/s1. The van der Waals surface area contributed by atoms with Gasteiger partial charge in [0.25, 0.3) is 0 Å². The summed E-state index contributed by atoms with van der Waals surface area (Å²) in [6.45, 7) is 6.82. The Morgan fingerprint density at radius 3 is 2.53 bits per heavy atom. The maximum atomic E-state index is 14.8. The van der Waals surface area contributed by atoms with Crippen molar-refractivity contribution >= 4 is 11.8 Å². The smallest absolute Gasteiger partial charge is 0.226 e. The van der Waals surface area contributed by atoms with Crippen LogP contribution in [0.15, 0.2) is 12.1 Å². The number of hydrogen-bond acceptors (Lipinski definition) is 4. The molecule has 7 heteroatoms.